The molecule has 1 aromatic carbocycles. The van der Waals surface area contributed by atoms with Crippen LogP contribution in [0.4, 0.5) is 24.5 Å². The van der Waals surface area contributed by atoms with Gasteiger partial charge in [0.2, 0.25) is 0 Å². The van der Waals surface area contributed by atoms with Crippen LogP contribution in [-0.4, -0.2) is 24.1 Å². The highest BCUT2D eigenvalue weighted by atomic mass is 19.4. The van der Waals surface area contributed by atoms with E-state index in [2.05, 4.69) is 0 Å². The maximum atomic E-state index is 12.9. The summed E-state index contributed by atoms with van der Waals surface area (Å²) in [7, 11) is 0. The first kappa shape index (κ1) is 18.5. The van der Waals surface area contributed by atoms with Gasteiger partial charge in [0.05, 0.1) is 11.5 Å². The Morgan fingerprint density at radius 3 is 2.57 bits per heavy atom. The smallest absolute Gasteiger partial charge is 0.420 e. The molecule has 128 valence electrons. The second-order valence-corrected chi connectivity index (χ2v) is 4.52. The van der Waals surface area contributed by atoms with Gasteiger partial charge < -0.3 is 15.2 Å². The van der Waals surface area contributed by atoms with Crippen molar-refractivity contribution in [2.24, 2.45) is 0 Å². The van der Waals surface area contributed by atoms with Gasteiger partial charge in [-0.05, 0) is 6.42 Å². The Morgan fingerprint density at radius 2 is 2.04 bits per heavy atom. The quantitative estimate of drug-likeness (QED) is 0.270. The normalized spacial score (nSPS) is 11.1. The summed E-state index contributed by atoms with van der Waals surface area (Å²) in [6.45, 7) is 1.25. The number of hydrogen-bond acceptors (Lipinski definition) is 6. The fourth-order valence-electron chi connectivity index (χ4n) is 1.59. The molecule has 7 nitrogen and oxygen atoms in total. The van der Waals surface area contributed by atoms with Gasteiger partial charge in [0, 0.05) is 12.1 Å². The summed E-state index contributed by atoms with van der Waals surface area (Å²) in [6, 6.07) is 0.938. The van der Waals surface area contributed by atoms with E-state index in [1.54, 1.807) is 0 Å². The van der Waals surface area contributed by atoms with Crippen LogP contribution in [0, 0.1) is 10.1 Å². The van der Waals surface area contributed by atoms with E-state index in [-0.39, 0.29) is 12.7 Å². The minimum absolute atomic E-state index is 0.132. The maximum Gasteiger partial charge on any atom is 0.420 e. The zero-order valence-electron chi connectivity index (χ0n) is 12.2. The van der Waals surface area contributed by atoms with E-state index in [1.807, 2.05) is 6.92 Å². The summed E-state index contributed by atoms with van der Waals surface area (Å²) < 4.78 is 48.3. The Morgan fingerprint density at radius 1 is 1.39 bits per heavy atom. The standard InChI is InChI=1S/C13H15F3N2O5/c1-2-3-4-22-12(19)7-23-11-6-9(17)10(18(20)21)5-8(11)13(14,15)16/h5-6H,2-4,7,17H2,1H3. The molecule has 0 amide bonds. The summed E-state index contributed by atoms with van der Waals surface area (Å²) >= 11 is 0. The predicted molar refractivity (Wildman–Crippen MR) is 73.9 cm³/mol. The van der Waals surface area contributed by atoms with Gasteiger partial charge in [-0.2, -0.15) is 13.2 Å². The molecule has 10 heteroatoms. The van der Waals surface area contributed by atoms with Crippen LogP contribution in [-0.2, 0) is 15.7 Å². The average molecular weight is 336 g/mol. The lowest BCUT2D eigenvalue weighted by Gasteiger charge is -2.14. The molecule has 0 atom stereocenters. The van der Waals surface area contributed by atoms with Crippen LogP contribution in [0.3, 0.4) is 0 Å². The number of nitro benzene ring substituents is 1. The highest BCUT2D eigenvalue weighted by Crippen LogP contribution is 2.40. The molecule has 0 radical (unpaired) electrons. The minimum atomic E-state index is -4.90. The third kappa shape index (κ3) is 5.31. The van der Waals surface area contributed by atoms with E-state index < -0.39 is 46.4 Å². The molecule has 2 N–H and O–H groups in total. The van der Waals surface area contributed by atoms with Crippen LogP contribution in [0.15, 0.2) is 12.1 Å². The molecule has 23 heavy (non-hydrogen) atoms. The predicted octanol–water partition coefficient (Wildman–Crippen LogP) is 2.92. The number of nitro groups is 1. The summed E-state index contributed by atoms with van der Waals surface area (Å²) in [5.74, 6) is -1.61. The Hall–Kier alpha value is -2.52. The maximum absolute atomic E-state index is 12.9. The number of nitrogen functional groups attached to an aromatic ring is 1. The molecule has 0 aliphatic carbocycles. The summed E-state index contributed by atoms with van der Waals surface area (Å²) in [5.41, 5.74) is 2.55. The van der Waals surface area contributed by atoms with Crippen molar-refractivity contribution in [1.29, 1.82) is 0 Å². The fraction of sp³-hybridized carbons (Fsp3) is 0.462. The van der Waals surface area contributed by atoms with Gasteiger partial charge in [-0.15, -0.1) is 0 Å². The van der Waals surface area contributed by atoms with E-state index >= 15 is 0 Å². The summed E-state index contributed by atoms with van der Waals surface area (Å²) in [5, 5.41) is 10.7. The van der Waals surface area contributed by atoms with Crippen LogP contribution in [0.5, 0.6) is 5.75 Å². The first-order valence-electron chi connectivity index (χ1n) is 6.60. The SMILES string of the molecule is CCCCOC(=O)COc1cc(N)c([N+](=O)[O-])cc1C(F)(F)F. The molecular formula is C13H15F3N2O5. The number of carbonyl (C=O) groups is 1. The van der Waals surface area contributed by atoms with E-state index in [1.165, 1.54) is 0 Å². The number of hydrogen-bond donors (Lipinski definition) is 1. The fourth-order valence-corrected chi connectivity index (χ4v) is 1.59. The van der Waals surface area contributed by atoms with Crippen molar-refractivity contribution >= 4 is 17.3 Å². The lowest BCUT2D eigenvalue weighted by Crippen LogP contribution is -2.18. The average Bonchev–Trinajstić information content (AvgIpc) is 2.43. The number of unbranched alkanes of at least 4 members (excludes halogenated alkanes) is 1. The zero-order valence-corrected chi connectivity index (χ0v) is 12.2. The van der Waals surface area contributed by atoms with Crippen LogP contribution < -0.4 is 10.5 Å². The molecule has 0 saturated heterocycles. The zero-order chi connectivity index (χ0) is 17.6. The Bertz CT molecular complexity index is 590. The number of rotatable bonds is 7. The molecule has 1 aromatic rings. The molecule has 0 saturated carbocycles. The topological polar surface area (TPSA) is 105 Å². The number of halogens is 3. The second-order valence-electron chi connectivity index (χ2n) is 4.52. The Kier molecular flexibility index (Phi) is 6.17. The van der Waals surface area contributed by atoms with Gasteiger partial charge >= 0.3 is 12.1 Å². The van der Waals surface area contributed by atoms with Crippen molar-refractivity contribution in [2.45, 2.75) is 25.9 Å². The molecule has 0 aliphatic rings. The molecule has 0 unspecified atom stereocenters. The number of esters is 1. The number of ether oxygens (including phenoxy) is 2. The molecule has 0 heterocycles. The van der Waals surface area contributed by atoms with Crippen LogP contribution >= 0.6 is 0 Å². The number of anilines is 1. The van der Waals surface area contributed by atoms with Crippen molar-refractivity contribution in [3.63, 3.8) is 0 Å². The number of nitrogens with zero attached hydrogens (tertiary/aromatic N) is 1. The molecular weight excluding hydrogens is 321 g/mol. The molecule has 0 spiro atoms. The first-order valence-corrected chi connectivity index (χ1v) is 6.60. The van der Waals surface area contributed by atoms with Crippen molar-refractivity contribution in [3.05, 3.63) is 27.8 Å². The Labute approximate surface area is 129 Å². The van der Waals surface area contributed by atoms with Crippen molar-refractivity contribution in [1.82, 2.24) is 0 Å². The van der Waals surface area contributed by atoms with Gasteiger partial charge in [-0.1, -0.05) is 13.3 Å². The molecule has 0 fully saturated rings. The van der Waals surface area contributed by atoms with Crippen LogP contribution in [0.2, 0.25) is 0 Å². The van der Waals surface area contributed by atoms with Gasteiger partial charge in [0.15, 0.2) is 6.61 Å². The molecule has 0 bridgehead atoms. The van der Waals surface area contributed by atoms with Gasteiger partial charge in [-0.25, -0.2) is 4.79 Å². The number of nitrogens with two attached hydrogens (primary N) is 1. The molecule has 0 aromatic heterocycles. The van der Waals surface area contributed by atoms with Gasteiger partial charge in [0.1, 0.15) is 17.0 Å². The number of benzene rings is 1. The highest BCUT2D eigenvalue weighted by molar-refractivity contribution is 5.71. The van der Waals surface area contributed by atoms with Gasteiger partial charge in [-0.3, -0.25) is 10.1 Å². The lowest BCUT2D eigenvalue weighted by atomic mass is 10.1. The Balaban J connectivity index is 2.95. The second kappa shape index (κ2) is 7.65. The third-order valence-electron chi connectivity index (χ3n) is 2.74. The monoisotopic (exact) mass is 336 g/mol. The minimum Gasteiger partial charge on any atom is -0.481 e. The largest absolute Gasteiger partial charge is 0.481 e. The van der Waals surface area contributed by atoms with E-state index in [0.29, 0.717) is 12.5 Å². The third-order valence-corrected chi connectivity index (χ3v) is 2.74. The molecule has 1 rings (SSSR count). The van der Waals surface area contributed by atoms with Crippen molar-refractivity contribution in [3.8, 4) is 5.75 Å². The van der Waals surface area contributed by atoms with Crippen molar-refractivity contribution in [2.75, 3.05) is 18.9 Å². The van der Waals surface area contributed by atoms with E-state index in [0.717, 1.165) is 6.42 Å². The van der Waals surface area contributed by atoms with Gasteiger partial charge in [0.25, 0.3) is 5.69 Å². The van der Waals surface area contributed by atoms with Crippen LogP contribution in [0.25, 0.3) is 0 Å². The van der Waals surface area contributed by atoms with E-state index in [9.17, 15) is 28.1 Å². The lowest BCUT2D eigenvalue weighted by molar-refractivity contribution is -0.384. The van der Waals surface area contributed by atoms with Crippen LogP contribution in [0.1, 0.15) is 25.3 Å². The summed E-state index contributed by atoms with van der Waals surface area (Å²) in [6.07, 6.45) is -3.50. The van der Waals surface area contributed by atoms with Crippen molar-refractivity contribution < 1.29 is 32.4 Å². The molecule has 0 aliphatic heterocycles. The summed E-state index contributed by atoms with van der Waals surface area (Å²) in [4.78, 5) is 21.0. The highest BCUT2D eigenvalue weighted by Gasteiger charge is 2.37. The number of carbonyl (C=O) groups excluding carboxylic acids is 1. The van der Waals surface area contributed by atoms with E-state index in [4.69, 9.17) is 15.2 Å². The number of alkyl halides is 3. The first-order chi connectivity index (χ1) is 10.7.